The van der Waals surface area contributed by atoms with Crippen molar-refractivity contribution in [3.8, 4) is 28.4 Å². The maximum Gasteiger partial charge on any atom is 0.218 e. The van der Waals surface area contributed by atoms with Gasteiger partial charge in [-0.25, -0.2) is 4.68 Å². The molecule has 4 rings (SSSR count). The number of pyridine rings is 1. The van der Waals surface area contributed by atoms with Gasteiger partial charge in [0, 0.05) is 23.5 Å². The molecule has 7 nitrogen and oxygen atoms in total. The Morgan fingerprint density at radius 3 is 2.43 bits per heavy atom. The van der Waals surface area contributed by atoms with Crippen molar-refractivity contribution in [3.05, 3.63) is 79.3 Å². The maximum absolute atomic E-state index is 11.6. The van der Waals surface area contributed by atoms with Crippen molar-refractivity contribution < 1.29 is 15.0 Å². The van der Waals surface area contributed by atoms with E-state index in [1.165, 1.54) is 17.0 Å². The minimum atomic E-state index is -0.0397. The van der Waals surface area contributed by atoms with Gasteiger partial charge >= 0.3 is 0 Å². The number of phenols is 2. The average Bonchev–Trinajstić information content (AvgIpc) is 3.19. The lowest BCUT2D eigenvalue weighted by molar-refractivity contribution is -0.106. The third-order valence-electron chi connectivity index (χ3n) is 4.30. The van der Waals surface area contributed by atoms with Gasteiger partial charge in [-0.2, -0.15) is 5.10 Å². The molecule has 4 aromatic rings. The van der Waals surface area contributed by atoms with Crippen molar-refractivity contribution in [1.29, 1.82) is 0 Å². The Kier molecular flexibility index (Phi) is 4.47. The normalized spacial score (nSPS) is 10.6. The van der Waals surface area contributed by atoms with Crippen molar-refractivity contribution in [2.75, 3.05) is 4.90 Å². The third-order valence-corrected chi connectivity index (χ3v) is 4.30. The molecule has 7 heteroatoms. The van der Waals surface area contributed by atoms with Gasteiger partial charge in [0.1, 0.15) is 11.5 Å². The molecular weight excluding hydrogens is 356 g/mol. The average molecular weight is 372 g/mol. The predicted molar refractivity (Wildman–Crippen MR) is 105 cm³/mol. The van der Waals surface area contributed by atoms with Crippen molar-refractivity contribution in [2.24, 2.45) is 0 Å². The highest BCUT2D eigenvalue weighted by atomic mass is 16.3. The quantitative estimate of drug-likeness (QED) is 0.522. The van der Waals surface area contributed by atoms with Crippen LogP contribution in [0.4, 0.5) is 11.4 Å². The molecule has 2 aromatic carbocycles. The van der Waals surface area contributed by atoms with Gasteiger partial charge in [0.05, 0.1) is 29.5 Å². The molecule has 0 aliphatic rings. The Balaban J connectivity index is 1.69. The van der Waals surface area contributed by atoms with Gasteiger partial charge in [-0.1, -0.05) is 0 Å². The van der Waals surface area contributed by atoms with E-state index in [1.54, 1.807) is 59.7 Å². The lowest BCUT2D eigenvalue weighted by Crippen LogP contribution is -2.14. The van der Waals surface area contributed by atoms with Gasteiger partial charge in [0.2, 0.25) is 6.41 Å². The lowest BCUT2D eigenvalue weighted by Gasteiger charge is -2.17. The fourth-order valence-corrected chi connectivity index (χ4v) is 2.97. The second-order valence-corrected chi connectivity index (χ2v) is 6.03. The van der Waals surface area contributed by atoms with Crippen LogP contribution in [0.1, 0.15) is 0 Å². The Morgan fingerprint density at radius 2 is 1.75 bits per heavy atom. The Hall–Kier alpha value is -4.13. The zero-order chi connectivity index (χ0) is 19.5. The zero-order valence-electron chi connectivity index (χ0n) is 14.7. The molecule has 0 aliphatic heterocycles. The summed E-state index contributed by atoms with van der Waals surface area (Å²) in [5.41, 5.74) is 3.33. The first-order valence-electron chi connectivity index (χ1n) is 8.49. The molecule has 0 bridgehead atoms. The highest BCUT2D eigenvalue weighted by Crippen LogP contribution is 2.33. The largest absolute Gasteiger partial charge is 0.508 e. The van der Waals surface area contributed by atoms with Crippen LogP contribution in [0.2, 0.25) is 0 Å². The number of rotatable bonds is 5. The van der Waals surface area contributed by atoms with E-state index in [0.717, 1.165) is 12.1 Å². The van der Waals surface area contributed by atoms with Crippen LogP contribution in [0.25, 0.3) is 16.9 Å². The Morgan fingerprint density at radius 1 is 0.929 bits per heavy atom. The number of benzene rings is 2. The molecule has 2 N–H and O–H groups in total. The fourth-order valence-electron chi connectivity index (χ4n) is 2.97. The minimum absolute atomic E-state index is 0.0129. The molecule has 2 heterocycles. The van der Waals surface area contributed by atoms with Gasteiger partial charge in [-0.15, -0.1) is 0 Å². The van der Waals surface area contributed by atoms with Gasteiger partial charge in [0.25, 0.3) is 0 Å². The molecule has 138 valence electrons. The SMILES string of the molecule is O=CN(c1ccc(-n2nccc2-c2ccc(O)cc2O)cc1)c1cccnc1. The minimum Gasteiger partial charge on any atom is -0.508 e. The smallest absolute Gasteiger partial charge is 0.218 e. The predicted octanol–water partition coefficient (Wildman–Crippen LogP) is 3.64. The molecule has 0 saturated carbocycles. The van der Waals surface area contributed by atoms with Crippen LogP contribution in [-0.2, 0) is 4.79 Å². The van der Waals surface area contributed by atoms with E-state index in [1.807, 2.05) is 12.1 Å². The van der Waals surface area contributed by atoms with Crippen molar-refractivity contribution in [3.63, 3.8) is 0 Å². The summed E-state index contributed by atoms with van der Waals surface area (Å²) in [5.74, 6) is -0.0527. The Bertz CT molecular complexity index is 1110. The van der Waals surface area contributed by atoms with Gasteiger partial charge in [-0.3, -0.25) is 14.7 Å². The van der Waals surface area contributed by atoms with E-state index >= 15 is 0 Å². The van der Waals surface area contributed by atoms with E-state index in [2.05, 4.69) is 10.1 Å². The number of hydrogen-bond donors (Lipinski definition) is 2. The molecular formula is C21H16N4O3. The molecule has 0 atom stereocenters. The summed E-state index contributed by atoms with van der Waals surface area (Å²) in [6.45, 7) is 0. The monoisotopic (exact) mass is 372 g/mol. The molecule has 0 fully saturated rings. The number of aromatic hydroxyl groups is 2. The molecule has 28 heavy (non-hydrogen) atoms. The van der Waals surface area contributed by atoms with Crippen LogP contribution >= 0.6 is 0 Å². The summed E-state index contributed by atoms with van der Waals surface area (Å²) >= 11 is 0. The molecule has 0 spiro atoms. The second kappa shape index (κ2) is 7.24. The van der Waals surface area contributed by atoms with Crippen LogP contribution < -0.4 is 4.90 Å². The van der Waals surface area contributed by atoms with Crippen molar-refractivity contribution in [1.82, 2.24) is 14.8 Å². The number of phenolic OH excluding ortho intramolecular Hbond substituents is 2. The molecule has 1 amide bonds. The molecule has 0 aliphatic carbocycles. The molecule has 0 unspecified atom stereocenters. The summed E-state index contributed by atoms with van der Waals surface area (Å²) in [4.78, 5) is 17.1. The van der Waals surface area contributed by atoms with Crippen molar-refractivity contribution in [2.45, 2.75) is 0 Å². The van der Waals surface area contributed by atoms with E-state index in [9.17, 15) is 15.0 Å². The van der Waals surface area contributed by atoms with E-state index in [0.29, 0.717) is 22.6 Å². The second-order valence-electron chi connectivity index (χ2n) is 6.03. The summed E-state index contributed by atoms with van der Waals surface area (Å²) in [6.07, 6.45) is 5.62. The standard InChI is InChI=1S/C21H16N4O3/c26-14-24(17-2-1-10-22-13-17)15-3-5-16(6-4-15)25-20(9-11-23-25)19-8-7-18(27)12-21(19)28/h1-14,27-28H. The van der Waals surface area contributed by atoms with E-state index < -0.39 is 0 Å². The highest BCUT2D eigenvalue weighted by Gasteiger charge is 2.13. The number of anilines is 2. The Labute approximate surface area is 160 Å². The summed E-state index contributed by atoms with van der Waals surface area (Å²) < 4.78 is 1.67. The lowest BCUT2D eigenvalue weighted by atomic mass is 10.1. The number of hydrogen-bond acceptors (Lipinski definition) is 5. The van der Waals surface area contributed by atoms with Crippen LogP contribution in [-0.4, -0.2) is 31.4 Å². The molecule has 0 saturated heterocycles. The fraction of sp³-hybridized carbons (Fsp3) is 0. The van der Waals surface area contributed by atoms with Crippen LogP contribution in [0, 0.1) is 0 Å². The number of carbonyl (C=O) groups is 1. The van der Waals surface area contributed by atoms with Crippen LogP contribution in [0.3, 0.4) is 0 Å². The molecule has 0 radical (unpaired) electrons. The summed E-state index contributed by atoms with van der Waals surface area (Å²) in [7, 11) is 0. The van der Waals surface area contributed by atoms with Gasteiger partial charge in [0.15, 0.2) is 0 Å². The first-order chi connectivity index (χ1) is 13.7. The summed E-state index contributed by atoms with van der Waals surface area (Å²) in [5, 5.41) is 24.0. The number of amides is 1. The zero-order valence-corrected chi connectivity index (χ0v) is 14.7. The third kappa shape index (κ3) is 3.16. The first kappa shape index (κ1) is 17.3. The topological polar surface area (TPSA) is 91.5 Å². The molecule has 2 aromatic heterocycles. The highest BCUT2D eigenvalue weighted by molar-refractivity contribution is 5.86. The van der Waals surface area contributed by atoms with Crippen molar-refractivity contribution >= 4 is 17.8 Å². The first-order valence-corrected chi connectivity index (χ1v) is 8.49. The van der Waals surface area contributed by atoms with E-state index in [4.69, 9.17) is 0 Å². The maximum atomic E-state index is 11.6. The van der Waals surface area contributed by atoms with Crippen LogP contribution in [0.5, 0.6) is 11.5 Å². The summed E-state index contributed by atoms with van der Waals surface area (Å²) in [6, 6.07) is 17.0. The van der Waals surface area contributed by atoms with E-state index in [-0.39, 0.29) is 11.5 Å². The number of nitrogens with zero attached hydrogens (tertiary/aromatic N) is 4. The van der Waals surface area contributed by atoms with Gasteiger partial charge in [-0.05, 0) is 54.6 Å². The van der Waals surface area contributed by atoms with Crippen LogP contribution in [0.15, 0.2) is 79.3 Å². The number of aromatic nitrogens is 3. The number of carbonyl (C=O) groups excluding carboxylic acids is 1. The van der Waals surface area contributed by atoms with Gasteiger partial charge < -0.3 is 10.2 Å².